The van der Waals surface area contributed by atoms with Gasteiger partial charge in [0.05, 0.1) is 0 Å². The van der Waals surface area contributed by atoms with E-state index in [-0.39, 0.29) is 17.3 Å². The summed E-state index contributed by atoms with van der Waals surface area (Å²) < 4.78 is 11.0. The first-order valence-corrected chi connectivity index (χ1v) is 17.1. The lowest BCUT2D eigenvalue weighted by Crippen LogP contribution is -2.51. The summed E-state index contributed by atoms with van der Waals surface area (Å²) in [5.74, 6) is 5.00. The molecule has 238 valence electrons. The minimum absolute atomic E-state index is 0.161. The topological polar surface area (TPSA) is 84.9 Å². The highest BCUT2D eigenvalue weighted by molar-refractivity contribution is 5.68. The highest BCUT2D eigenvalue weighted by Crippen LogP contribution is 2.67. The first-order chi connectivity index (χ1) is 20.5. The van der Waals surface area contributed by atoms with Gasteiger partial charge in [0.25, 0.3) is 6.47 Å². The van der Waals surface area contributed by atoms with Crippen molar-refractivity contribution in [2.75, 3.05) is 0 Å². The van der Waals surface area contributed by atoms with Crippen molar-refractivity contribution < 1.29 is 24.2 Å². The van der Waals surface area contributed by atoms with E-state index in [1.54, 1.807) is 24.3 Å². The van der Waals surface area contributed by atoms with E-state index in [0.29, 0.717) is 18.3 Å². The molecule has 1 aromatic rings. The fourth-order valence-electron chi connectivity index (χ4n) is 10.1. The molecule has 5 rings (SSSR count). The molecule has 0 radical (unpaired) electrons. The number of carbonyl (C=O) groups excluding carboxylic acids is 2. The van der Waals surface area contributed by atoms with Crippen molar-refractivity contribution in [3.8, 4) is 5.75 Å². The molecule has 3 saturated carbocycles. The molecular formula is C37H55NO5. The van der Waals surface area contributed by atoms with Crippen LogP contribution < -0.4 is 5.32 Å². The fourth-order valence-corrected chi connectivity index (χ4v) is 10.1. The fraction of sp³-hybridized carbons (Fsp3) is 0.730. The summed E-state index contributed by atoms with van der Waals surface area (Å²) in [6.07, 6.45) is 14.8. The quantitative estimate of drug-likeness (QED) is 0.153. The van der Waals surface area contributed by atoms with E-state index in [4.69, 9.17) is 9.47 Å². The van der Waals surface area contributed by atoms with Crippen LogP contribution >= 0.6 is 0 Å². The second kappa shape index (κ2) is 13.2. The number of fused-ring (bicyclic) bond motifs is 5. The number of phenols is 1. The molecule has 4 aliphatic carbocycles. The van der Waals surface area contributed by atoms with E-state index in [2.05, 4.69) is 46.0 Å². The number of hydrogen-bond acceptors (Lipinski definition) is 5. The normalized spacial score (nSPS) is 34.7. The zero-order chi connectivity index (χ0) is 30.8. The minimum Gasteiger partial charge on any atom is -0.508 e. The average Bonchev–Trinajstić information content (AvgIpc) is 3.31. The Bertz CT molecular complexity index is 1150. The standard InChI is InChI=1S/C37H55NO5/c1-24(2)7-6-8-25(3)31-15-16-32-30-14-11-27-22-29(17-19-36(27,4)33(30)18-20-37(31,32)5)43-35(41)38-34(42-23-39)21-26-9-12-28(40)13-10-26/h9-13,23-25,29-34,40H,6-8,14-22H2,1-5H3,(H,38,41)/t25-,29?,30+,31?,32+,33+,34?,36+,37-/m1/s1. The number of aromatic hydroxyl groups is 1. The largest absolute Gasteiger partial charge is 0.508 e. The third-order valence-electron chi connectivity index (χ3n) is 12.4. The van der Waals surface area contributed by atoms with E-state index in [1.807, 2.05) is 0 Å². The molecule has 1 amide bonds. The molecule has 9 atom stereocenters. The van der Waals surface area contributed by atoms with Crippen LogP contribution in [-0.2, 0) is 20.7 Å². The number of rotatable bonds is 11. The summed E-state index contributed by atoms with van der Waals surface area (Å²) in [7, 11) is 0. The molecular weight excluding hydrogens is 538 g/mol. The molecule has 3 fully saturated rings. The zero-order valence-electron chi connectivity index (χ0n) is 27.1. The Labute approximate surface area is 259 Å². The van der Waals surface area contributed by atoms with E-state index in [1.165, 1.54) is 56.9 Å². The van der Waals surface area contributed by atoms with Gasteiger partial charge in [0, 0.05) is 12.8 Å². The summed E-state index contributed by atoms with van der Waals surface area (Å²) in [5, 5.41) is 12.2. The number of ether oxygens (including phenoxy) is 2. The van der Waals surface area contributed by atoms with Crippen LogP contribution in [0.4, 0.5) is 4.79 Å². The molecule has 0 spiro atoms. The number of alkyl carbamates (subject to hydrolysis) is 1. The van der Waals surface area contributed by atoms with Crippen molar-refractivity contribution in [2.24, 2.45) is 46.3 Å². The number of amides is 1. The molecule has 0 aromatic heterocycles. The maximum absolute atomic E-state index is 12.9. The molecule has 43 heavy (non-hydrogen) atoms. The molecule has 0 aliphatic heterocycles. The van der Waals surface area contributed by atoms with Crippen LogP contribution in [0.15, 0.2) is 35.9 Å². The van der Waals surface area contributed by atoms with Gasteiger partial charge < -0.3 is 14.6 Å². The van der Waals surface area contributed by atoms with Gasteiger partial charge in [0.15, 0.2) is 6.23 Å². The van der Waals surface area contributed by atoms with Crippen molar-refractivity contribution in [3.63, 3.8) is 0 Å². The highest BCUT2D eigenvalue weighted by atomic mass is 16.6. The number of carbonyl (C=O) groups is 2. The SMILES string of the molecule is CC(C)CCC[C@@H](C)C1CC[C@H]2[C@@H]3CC=C4CC(OC(=O)NC(Cc5ccc(O)cc5)OC=O)CC[C@]4(C)[C@H]3CC[C@]12C. The Morgan fingerprint density at radius 3 is 2.53 bits per heavy atom. The van der Waals surface area contributed by atoms with Gasteiger partial charge in [-0.15, -0.1) is 0 Å². The second-order valence-electron chi connectivity index (χ2n) is 15.3. The number of allylic oxidation sites excluding steroid dienone is 1. The van der Waals surface area contributed by atoms with Crippen LogP contribution in [0.1, 0.15) is 111 Å². The van der Waals surface area contributed by atoms with Crippen LogP contribution in [0.5, 0.6) is 5.75 Å². The van der Waals surface area contributed by atoms with Crippen LogP contribution in [0, 0.1) is 46.3 Å². The van der Waals surface area contributed by atoms with Crippen LogP contribution in [0.25, 0.3) is 0 Å². The third kappa shape index (κ3) is 6.78. The van der Waals surface area contributed by atoms with Gasteiger partial charge in [-0.25, -0.2) is 4.79 Å². The second-order valence-corrected chi connectivity index (χ2v) is 15.3. The Kier molecular flexibility index (Phi) is 9.83. The summed E-state index contributed by atoms with van der Waals surface area (Å²) in [6.45, 7) is 12.7. The molecule has 6 heteroatoms. The lowest BCUT2D eigenvalue weighted by molar-refractivity contribution is -0.134. The van der Waals surface area contributed by atoms with Crippen molar-refractivity contribution in [1.29, 1.82) is 0 Å². The van der Waals surface area contributed by atoms with Gasteiger partial charge in [-0.1, -0.05) is 77.7 Å². The molecule has 3 unspecified atom stereocenters. The maximum Gasteiger partial charge on any atom is 0.410 e. The molecule has 6 nitrogen and oxygen atoms in total. The summed E-state index contributed by atoms with van der Waals surface area (Å²) in [6, 6.07) is 6.62. The van der Waals surface area contributed by atoms with E-state index in [0.717, 1.165) is 60.3 Å². The van der Waals surface area contributed by atoms with Crippen molar-refractivity contribution in [2.45, 2.75) is 124 Å². The van der Waals surface area contributed by atoms with Gasteiger partial charge >= 0.3 is 6.09 Å². The maximum atomic E-state index is 12.9. The minimum atomic E-state index is -0.831. The predicted molar refractivity (Wildman–Crippen MR) is 169 cm³/mol. The van der Waals surface area contributed by atoms with Crippen molar-refractivity contribution in [3.05, 3.63) is 41.5 Å². The molecule has 1 aromatic carbocycles. The predicted octanol–water partition coefficient (Wildman–Crippen LogP) is 8.57. The number of hydrogen-bond donors (Lipinski definition) is 2. The number of phenolic OH excluding ortho intramolecular Hbond substituents is 1. The van der Waals surface area contributed by atoms with Gasteiger partial charge in [0.2, 0.25) is 0 Å². The molecule has 4 aliphatic rings. The summed E-state index contributed by atoms with van der Waals surface area (Å²) in [5.41, 5.74) is 3.00. The number of nitrogens with one attached hydrogen (secondary N) is 1. The smallest absolute Gasteiger partial charge is 0.410 e. The molecule has 0 bridgehead atoms. The molecule has 2 N–H and O–H groups in total. The Balaban J connectivity index is 1.18. The summed E-state index contributed by atoms with van der Waals surface area (Å²) in [4.78, 5) is 23.9. The van der Waals surface area contributed by atoms with Crippen molar-refractivity contribution >= 4 is 12.6 Å². The first-order valence-electron chi connectivity index (χ1n) is 17.1. The first kappa shape index (κ1) is 31.9. The van der Waals surface area contributed by atoms with E-state index < -0.39 is 12.3 Å². The average molecular weight is 594 g/mol. The van der Waals surface area contributed by atoms with Crippen LogP contribution in [0.2, 0.25) is 0 Å². The molecule has 0 heterocycles. The summed E-state index contributed by atoms with van der Waals surface area (Å²) >= 11 is 0. The Morgan fingerprint density at radius 2 is 1.81 bits per heavy atom. The zero-order valence-corrected chi connectivity index (χ0v) is 27.1. The Hall–Kier alpha value is -2.50. The Morgan fingerprint density at radius 1 is 1.05 bits per heavy atom. The number of benzene rings is 1. The molecule has 0 saturated heterocycles. The lowest BCUT2D eigenvalue weighted by Gasteiger charge is -2.58. The monoisotopic (exact) mass is 593 g/mol. The van der Waals surface area contributed by atoms with E-state index in [9.17, 15) is 14.7 Å². The highest BCUT2D eigenvalue weighted by Gasteiger charge is 2.59. The van der Waals surface area contributed by atoms with Crippen LogP contribution in [-0.4, -0.2) is 30.0 Å². The van der Waals surface area contributed by atoms with Gasteiger partial charge in [0.1, 0.15) is 11.9 Å². The van der Waals surface area contributed by atoms with Crippen molar-refractivity contribution in [1.82, 2.24) is 5.32 Å². The van der Waals surface area contributed by atoms with Gasteiger partial charge in [-0.2, -0.15) is 0 Å². The lowest BCUT2D eigenvalue weighted by atomic mass is 9.47. The van der Waals surface area contributed by atoms with Gasteiger partial charge in [-0.05, 0) is 109 Å². The third-order valence-corrected chi connectivity index (χ3v) is 12.4. The van der Waals surface area contributed by atoms with Crippen LogP contribution in [0.3, 0.4) is 0 Å². The van der Waals surface area contributed by atoms with Gasteiger partial charge in [-0.3, -0.25) is 10.1 Å². The van der Waals surface area contributed by atoms with E-state index >= 15 is 0 Å².